The number of rotatable bonds is 5. The molecule has 7 nitrogen and oxygen atoms in total. The monoisotopic (exact) mass is 247 g/mol. The van der Waals surface area contributed by atoms with Crippen molar-refractivity contribution in [2.24, 2.45) is 5.73 Å². The summed E-state index contributed by atoms with van der Waals surface area (Å²) in [6, 6.07) is 7.05. The molecule has 94 valence electrons. The summed E-state index contributed by atoms with van der Waals surface area (Å²) in [6.07, 6.45) is 1.35. The van der Waals surface area contributed by atoms with Crippen molar-refractivity contribution in [2.45, 2.75) is 0 Å². The molecule has 0 aliphatic rings. The summed E-state index contributed by atoms with van der Waals surface area (Å²) in [5.41, 5.74) is 6.19. The van der Waals surface area contributed by atoms with Crippen molar-refractivity contribution in [1.29, 1.82) is 0 Å². The molecule has 1 heterocycles. The van der Waals surface area contributed by atoms with Crippen molar-refractivity contribution in [1.82, 2.24) is 15.4 Å². The second kappa shape index (κ2) is 5.78. The van der Waals surface area contributed by atoms with Gasteiger partial charge in [-0.1, -0.05) is 6.07 Å². The lowest BCUT2D eigenvalue weighted by Crippen LogP contribution is -2.13. The Morgan fingerprint density at radius 3 is 3.11 bits per heavy atom. The number of benzene rings is 1. The summed E-state index contributed by atoms with van der Waals surface area (Å²) < 4.78 is 5.36. The molecule has 1 aromatic carbocycles. The second-order valence-electron chi connectivity index (χ2n) is 3.47. The Balaban J connectivity index is 2.03. The molecule has 7 heteroatoms. The van der Waals surface area contributed by atoms with Crippen LogP contribution in [0.3, 0.4) is 0 Å². The van der Waals surface area contributed by atoms with E-state index >= 15 is 0 Å². The zero-order valence-electron chi connectivity index (χ0n) is 9.59. The Morgan fingerprint density at radius 1 is 1.50 bits per heavy atom. The van der Waals surface area contributed by atoms with Crippen LogP contribution in [0.25, 0.3) is 0 Å². The number of carbonyl (C=O) groups is 1. The van der Waals surface area contributed by atoms with Gasteiger partial charge in [-0.05, 0) is 12.1 Å². The van der Waals surface area contributed by atoms with Crippen LogP contribution in [0.5, 0.6) is 5.75 Å². The number of nitrogens with two attached hydrogens (primary N) is 1. The maximum atomic E-state index is 11.7. The van der Waals surface area contributed by atoms with Crippen molar-refractivity contribution >= 4 is 11.6 Å². The summed E-state index contributed by atoms with van der Waals surface area (Å²) in [4.78, 5) is 11.7. The number of amides is 1. The first-order valence-corrected chi connectivity index (χ1v) is 5.39. The molecular formula is C11H13N5O2. The van der Waals surface area contributed by atoms with Gasteiger partial charge in [0, 0.05) is 18.3 Å². The number of anilines is 1. The maximum Gasteiger partial charge on any atom is 0.277 e. The maximum absolute atomic E-state index is 11.7. The quantitative estimate of drug-likeness (QED) is 0.708. The second-order valence-corrected chi connectivity index (χ2v) is 3.47. The van der Waals surface area contributed by atoms with E-state index in [4.69, 9.17) is 10.5 Å². The predicted molar refractivity (Wildman–Crippen MR) is 65.3 cm³/mol. The molecule has 0 bridgehead atoms. The number of ether oxygens (including phenoxy) is 1. The molecule has 0 saturated carbocycles. The van der Waals surface area contributed by atoms with E-state index in [0.29, 0.717) is 24.6 Å². The van der Waals surface area contributed by atoms with Gasteiger partial charge < -0.3 is 15.8 Å². The Labute approximate surface area is 103 Å². The van der Waals surface area contributed by atoms with Crippen molar-refractivity contribution in [3.63, 3.8) is 0 Å². The molecular weight excluding hydrogens is 234 g/mol. The largest absolute Gasteiger partial charge is 0.492 e. The number of hydrogen-bond acceptors (Lipinski definition) is 5. The van der Waals surface area contributed by atoms with Gasteiger partial charge in [0.1, 0.15) is 12.4 Å². The number of hydrogen-bond donors (Lipinski definition) is 3. The molecule has 0 unspecified atom stereocenters. The molecule has 2 aromatic rings. The number of aromatic amines is 1. The van der Waals surface area contributed by atoms with Gasteiger partial charge in [0.05, 0.1) is 6.20 Å². The van der Waals surface area contributed by atoms with Gasteiger partial charge in [-0.2, -0.15) is 15.4 Å². The van der Waals surface area contributed by atoms with Crippen molar-refractivity contribution in [3.05, 3.63) is 36.2 Å². The zero-order chi connectivity index (χ0) is 12.8. The van der Waals surface area contributed by atoms with E-state index in [-0.39, 0.29) is 11.6 Å². The third-order valence-corrected chi connectivity index (χ3v) is 2.13. The van der Waals surface area contributed by atoms with Crippen LogP contribution in [0, 0.1) is 0 Å². The first-order valence-electron chi connectivity index (χ1n) is 5.39. The van der Waals surface area contributed by atoms with Gasteiger partial charge in [0.25, 0.3) is 5.91 Å². The van der Waals surface area contributed by atoms with E-state index in [0.717, 1.165) is 0 Å². The van der Waals surface area contributed by atoms with Crippen LogP contribution in [-0.4, -0.2) is 34.5 Å². The van der Waals surface area contributed by atoms with E-state index in [1.54, 1.807) is 24.3 Å². The third kappa shape index (κ3) is 3.05. The molecule has 0 saturated heterocycles. The van der Waals surface area contributed by atoms with Gasteiger partial charge >= 0.3 is 0 Å². The lowest BCUT2D eigenvalue weighted by molar-refractivity contribution is 0.102. The van der Waals surface area contributed by atoms with Crippen LogP contribution < -0.4 is 15.8 Å². The van der Waals surface area contributed by atoms with Gasteiger partial charge in [0.15, 0.2) is 5.69 Å². The summed E-state index contributed by atoms with van der Waals surface area (Å²) in [7, 11) is 0. The Kier molecular flexibility index (Phi) is 3.87. The van der Waals surface area contributed by atoms with Gasteiger partial charge in [-0.15, -0.1) is 0 Å². The van der Waals surface area contributed by atoms with E-state index in [1.807, 2.05) is 0 Å². The highest BCUT2D eigenvalue weighted by atomic mass is 16.5. The van der Waals surface area contributed by atoms with Crippen LogP contribution in [-0.2, 0) is 0 Å². The highest BCUT2D eigenvalue weighted by molar-refractivity contribution is 6.02. The number of nitrogens with one attached hydrogen (secondary N) is 2. The van der Waals surface area contributed by atoms with Crippen molar-refractivity contribution in [3.8, 4) is 5.75 Å². The van der Waals surface area contributed by atoms with Gasteiger partial charge in [-0.25, -0.2) is 0 Å². The molecule has 4 N–H and O–H groups in total. The third-order valence-electron chi connectivity index (χ3n) is 2.13. The average Bonchev–Trinajstić information content (AvgIpc) is 2.91. The van der Waals surface area contributed by atoms with Crippen LogP contribution in [0.4, 0.5) is 5.69 Å². The van der Waals surface area contributed by atoms with E-state index in [9.17, 15) is 4.79 Å². The fourth-order valence-electron chi connectivity index (χ4n) is 1.35. The first-order chi connectivity index (χ1) is 8.79. The average molecular weight is 247 g/mol. The minimum Gasteiger partial charge on any atom is -0.492 e. The van der Waals surface area contributed by atoms with E-state index < -0.39 is 0 Å². The van der Waals surface area contributed by atoms with Crippen LogP contribution in [0.15, 0.2) is 30.5 Å². The summed E-state index contributed by atoms with van der Waals surface area (Å²) >= 11 is 0. The molecule has 0 atom stereocenters. The molecule has 0 fully saturated rings. The number of nitrogens with zero attached hydrogens (tertiary/aromatic N) is 2. The minimum atomic E-state index is -0.334. The Morgan fingerprint density at radius 2 is 2.39 bits per heavy atom. The van der Waals surface area contributed by atoms with Crippen molar-refractivity contribution < 1.29 is 9.53 Å². The van der Waals surface area contributed by atoms with E-state index in [1.165, 1.54) is 6.20 Å². The highest BCUT2D eigenvalue weighted by Crippen LogP contribution is 2.17. The minimum absolute atomic E-state index is 0.225. The van der Waals surface area contributed by atoms with Gasteiger partial charge in [0.2, 0.25) is 0 Å². The molecule has 0 aliphatic carbocycles. The number of H-pyrrole nitrogens is 1. The molecule has 2 rings (SSSR count). The molecule has 18 heavy (non-hydrogen) atoms. The Hall–Kier alpha value is -2.41. The normalized spacial score (nSPS) is 10.1. The lowest BCUT2D eigenvalue weighted by atomic mass is 10.3. The summed E-state index contributed by atoms with van der Waals surface area (Å²) in [6.45, 7) is 0.871. The van der Waals surface area contributed by atoms with Gasteiger partial charge in [-0.3, -0.25) is 4.79 Å². The Bertz CT molecular complexity index is 512. The first kappa shape index (κ1) is 12.1. The predicted octanol–water partition coefficient (Wildman–Crippen LogP) is 0.394. The van der Waals surface area contributed by atoms with Crippen molar-refractivity contribution in [2.75, 3.05) is 18.5 Å². The summed E-state index contributed by atoms with van der Waals surface area (Å²) in [5, 5.41) is 12.3. The lowest BCUT2D eigenvalue weighted by Gasteiger charge is -2.07. The summed E-state index contributed by atoms with van der Waals surface area (Å²) in [5.74, 6) is 0.318. The molecule has 0 radical (unpaired) electrons. The zero-order valence-corrected chi connectivity index (χ0v) is 9.59. The number of aromatic nitrogens is 3. The SMILES string of the molecule is NCCOc1cccc(NC(=O)c2cn[nH]n2)c1. The van der Waals surface area contributed by atoms with Crippen LogP contribution >= 0.6 is 0 Å². The number of carbonyl (C=O) groups excluding carboxylic acids is 1. The molecule has 0 aliphatic heterocycles. The van der Waals surface area contributed by atoms with Crippen LogP contribution in [0.2, 0.25) is 0 Å². The molecule has 1 amide bonds. The topological polar surface area (TPSA) is 106 Å². The molecule has 0 spiro atoms. The standard InChI is InChI=1S/C11H13N5O2/c12-4-5-18-9-3-1-2-8(6-9)14-11(17)10-7-13-16-15-10/h1-3,6-7H,4-5,12H2,(H,14,17)(H,13,15,16). The van der Waals surface area contributed by atoms with Crippen LogP contribution in [0.1, 0.15) is 10.5 Å². The highest BCUT2D eigenvalue weighted by Gasteiger charge is 2.08. The fourth-order valence-corrected chi connectivity index (χ4v) is 1.35. The van der Waals surface area contributed by atoms with E-state index in [2.05, 4.69) is 20.7 Å². The molecule has 1 aromatic heterocycles. The fraction of sp³-hybridized carbons (Fsp3) is 0.182. The smallest absolute Gasteiger partial charge is 0.277 e.